The molecule has 1 amide bonds. The summed E-state index contributed by atoms with van der Waals surface area (Å²) in [4.78, 5) is 13.8. The van der Waals surface area contributed by atoms with Crippen LogP contribution in [0.2, 0.25) is 0 Å². The van der Waals surface area contributed by atoms with E-state index in [4.69, 9.17) is 0 Å². The Morgan fingerprint density at radius 1 is 1.56 bits per heavy atom. The van der Waals surface area contributed by atoms with Crippen LogP contribution in [0.15, 0.2) is 0 Å². The van der Waals surface area contributed by atoms with Crippen molar-refractivity contribution in [2.45, 2.75) is 52.1 Å². The first-order valence-corrected chi connectivity index (χ1v) is 7.29. The van der Waals surface area contributed by atoms with Crippen LogP contribution in [0.4, 0.5) is 0 Å². The molecule has 2 atom stereocenters. The quantitative estimate of drug-likeness (QED) is 0.723. The number of piperidine rings is 1. The van der Waals surface area contributed by atoms with Crippen molar-refractivity contribution in [2.24, 2.45) is 5.92 Å². The monoisotopic (exact) mass is 256 g/mol. The van der Waals surface area contributed by atoms with E-state index in [0.717, 1.165) is 39.0 Å². The molecule has 0 aromatic rings. The van der Waals surface area contributed by atoms with Gasteiger partial charge in [0.25, 0.3) is 0 Å². The van der Waals surface area contributed by atoms with Gasteiger partial charge in [-0.2, -0.15) is 0 Å². The Hall–Kier alpha value is -0.610. The van der Waals surface area contributed by atoms with Crippen LogP contribution in [0.3, 0.4) is 0 Å². The largest absolute Gasteiger partial charge is 0.393 e. The first kappa shape index (κ1) is 15.4. The maximum Gasteiger partial charge on any atom is 0.219 e. The number of nitrogens with one attached hydrogen (secondary N) is 1. The van der Waals surface area contributed by atoms with Crippen LogP contribution in [0.5, 0.6) is 0 Å². The van der Waals surface area contributed by atoms with Crippen LogP contribution in [-0.4, -0.2) is 48.2 Å². The Labute approximate surface area is 111 Å². The lowest BCUT2D eigenvalue weighted by Crippen LogP contribution is -2.41. The molecule has 0 aliphatic carbocycles. The molecule has 1 saturated heterocycles. The number of rotatable bonds is 7. The van der Waals surface area contributed by atoms with E-state index in [1.807, 2.05) is 13.8 Å². The number of carbonyl (C=O) groups excluding carboxylic acids is 1. The summed E-state index contributed by atoms with van der Waals surface area (Å²) in [6.45, 7) is 7.83. The van der Waals surface area contributed by atoms with Crippen molar-refractivity contribution in [1.82, 2.24) is 10.2 Å². The Kier molecular flexibility index (Phi) is 7.28. The standard InChI is InChI=1S/C14H28N2O2/c1-3-5-14(18)15-10-13-6-4-8-16(11-13)9-7-12(2)17/h12-13,17H,3-11H2,1-2H3,(H,15,18)/t12-,13+/m0/s1. The highest BCUT2D eigenvalue weighted by Gasteiger charge is 2.20. The molecule has 106 valence electrons. The van der Waals surface area contributed by atoms with Crippen molar-refractivity contribution in [3.8, 4) is 0 Å². The Morgan fingerprint density at radius 3 is 3.00 bits per heavy atom. The highest BCUT2D eigenvalue weighted by atomic mass is 16.3. The van der Waals surface area contributed by atoms with Gasteiger partial charge < -0.3 is 15.3 Å². The second kappa shape index (κ2) is 8.48. The lowest BCUT2D eigenvalue weighted by molar-refractivity contribution is -0.121. The van der Waals surface area contributed by atoms with Gasteiger partial charge in [-0.05, 0) is 45.1 Å². The highest BCUT2D eigenvalue weighted by molar-refractivity contribution is 5.75. The van der Waals surface area contributed by atoms with Gasteiger partial charge in [-0.15, -0.1) is 0 Å². The molecule has 1 fully saturated rings. The van der Waals surface area contributed by atoms with Gasteiger partial charge in [0.05, 0.1) is 6.10 Å². The minimum absolute atomic E-state index is 0.179. The number of carbonyl (C=O) groups is 1. The van der Waals surface area contributed by atoms with Crippen molar-refractivity contribution < 1.29 is 9.90 Å². The van der Waals surface area contributed by atoms with E-state index < -0.39 is 0 Å². The van der Waals surface area contributed by atoms with E-state index in [1.165, 1.54) is 12.8 Å². The zero-order chi connectivity index (χ0) is 13.4. The van der Waals surface area contributed by atoms with Crippen molar-refractivity contribution in [1.29, 1.82) is 0 Å². The summed E-state index contributed by atoms with van der Waals surface area (Å²) in [6.07, 6.45) is 4.59. The first-order valence-electron chi connectivity index (χ1n) is 7.29. The van der Waals surface area contributed by atoms with E-state index in [1.54, 1.807) is 0 Å². The van der Waals surface area contributed by atoms with E-state index in [9.17, 15) is 9.90 Å². The maximum atomic E-state index is 11.4. The van der Waals surface area contributed by atoms with Gasteiger partial charge in [-0.25, -0.2) is 0 Å². The lowest BCUT2D eigenvalue weighted by atomic mass is 9.97. The van der Waals surface area contributed by atoms with E-state index >= 15 is 0 Å². The minimum Gasteiger partial charge on any atom is -0.393 e. The molecule has 1 aliphatic rings. The van der Waals surface area contributed by atoms with Crippen LogP contribution in [-0.2, 0) is 4.79 Å². The smallest absolute Gasteiger partial charge is 0.219 e. The molecule has 4 nitrogen and oxygen atoms in total. The number of aliphatic hydroxyl groups excluding tert-OH is 1. The topological polar surface area (TPSA) is 52.6 Å². The second-order valence-corrected chi connectivity index (χ2v) is 5.50. The predicted molar refractivity (Wildman–Crippen MR) is 73.4 cm³/mol. The third-order valence-electron chi connectivity index (χ3n) is 3.53. The summed E-state index contributed by atoms with van der Waals surface area (Å²) in [6, 6.07) is 0. The molecule has 1 rings (SSSR count). The summed E-state index contributed by atoms with van der Waals surface area (Å²) >= 11 is 0. The van der Waals surface area contributed by atoms with Crippen LogP contribution >= 0.6 is 0 Å². The number of hydrogen-bond donors (Lipinski definition) is 2. The van der Waals surface area contributed by atoms with Crippen molar-refractivity contribution >= 4 is 5.91 Å². The molecule has 0 saturated carbocycles. The number of nitrogens with zero attached hydrogens (tertiary/aromatic N) is 1. The highest BCUT2D eigenvalue weighted by Crippen LogP contribution is 2.16. The molecule has 2 N–H and O–H groups in total. The third kappa shape index (κ3) is 6.36. The lowest BCUT2D eigenvalue weighted by Gasteiger charge is -2.33. The molecule has 0 bridgehead atoms. The Bertz CT molecular complexity index is 244. The molecule has 0 radical (unpaired) electrons. The average Bonchev–Trinajstić information content (AvgIpc) is 2.35. The molecule has 0 aromatic heterocycles. The van der Waals surface area contributed by atoms with Crippen molar-refractivity contribution in [3.05, 3.63) is 0 Å². The molecular weight excluding hydrogens is 228 g/mol. The first-order chi connectivity index (χ1) is 8.61. The van der Waals surface area contributed by atoms with Crippen molar-refractivity contribution in [3.63, 3.8) is 0 Å². The van der Waals surface area contributed by atoms with Crippen molar-refractivity contribution in [2.75, 3.05) is 26.2 Å². The third-order valence-corrected chi connectivity index (χ3v) is 3.53. The van der Waals surface area contributed by atoms with E-state index in [0.29, 0.717) is 12.3 Å². The Morgan fingerprint density at radius 2 is 2.33 bits per heavy atom. The van der Waals surface area contributed by atoms with E-state index in [-0.39, 0.29) is 12.0 Å². The SMILES string of the molecule is CCCC(=O)NC[C@H]1CCCN(CC[C@H](C)O)C1. The molecular formula is C14H28N2O2. The molecule has 4 heteroatoms. The minimum atomic E-state index is -0.213. The Balaban J connectivity index is 2.20. The zero-order valence-electron chi connectivity index (χ0n) is 11.8. The molecule has 1 heterocycles. The second-order valence-electron chi connectivity index (χ2n) is 5.50. The number of hydrogen-bond acceptors (Lipinski definition) is 3. The predicted octanol–water partition coefficient (Wildman–Crippen LogP) is 1.39. The number of likely N-dealkylation sites (tertiary alicyclic amines) is 1. The average molecular weight is 256 g/mol. The van der Waals surface area contributed by atoms with Gasteiger partial charge in [0.15, 0.2) is 0 Å². The van der Waals surface area contributed by atoms with Gasteiger partial charge in [0.2, 0.25) is 5.91 Å². The fraction of sp³-hybridized carbons (Fsp3) is 0.929. The fourth-order valence-corrected chi connectivity index (χ4v) is 2.46. The molecule has 18 heavy (non-hydrogen) atoms. The zero-order valence-corrected chi connectivity index (χ0v) is 11.8. The summed E-state index contributed by atoms with van der Waals surface area (Å²) in [5.41, 5.74) is 0. The van der Waals surface area contributed by atoms with E-state index in [2.05, 4.69) is 10.2 Å². The van der Waals surface area contributed by atoms with Crippen LogP contribution in [0.25, 0.3) is 0 Å². The molecule has 0 spiro atoms. The van der Waals surface area contributed by atoms with Gasteiger partial charge >= 0.3 is 0 Å². The van der Waals surface area contributed by atoms with Gasteiger partial charge in [0.1, 0.15) is 0 Å². The normalized spacial score (nSPS) is 22.7. The number of amides is 1. The van der Waals surface area contributed by atoms with Crippen LogP contribution < -0.4 is 5.32 Å². The number of aliphatic hydroxyl groups is 1. The summed E-state index contributed by atoms with van der Waals surface area (Å²) < 4.78 is 0. The fourth-order valence-electron chi connectivity index (χ4n) is 2.46. The van der Waals surface area contributed by atoms with Gasteiger partial charge in [-0.1, -0.05) is 6.92 Å². The summed E-state index contributed by atoms with van der Waals surface area (Å²) in [5, 5.41) is 12.3. The van der Waals surface area contributed by atoms with Crippen LogP contribution in [0, 0.1) is 5.92 Å². The summed E-state index contributed by atoms with van der Waals surface area (Å²) in [5.74, 6) is 0.757. The maximum absolute atomic E-state index is 11.4. The van der Waals surface area contributed by atoms with Crippen LogP contribution in [0.1, 0.15) is 46.0 Å². The van der Waals surface area contributed by atoms with Gasteiger partial charge in [-0.3, -0.25) is 4.79 Å². The van der Waals surface area contributed by atoms with Gasteiger partial charge in [0, 0.05) is 26.1 Å². The molecule has 0 aromatic carbocycles. The summed E-state index contributed by atoms with van der Waals surface area (Å²) in [7, 11) is 0. The molecule has 0 unspecified atom stereocenters. The molecule has 1 aliphatic heterocycles.